The van der Waals surface area contributed by atoms with E-state index in [0.29, 0.717) is 16.8 Å². The molecule has 8 heteroatoms. The normalized spacial score (nSPS) is 17.2. The minimum Gasteiger partial charge on any atom is -0.507 e. The summed E-state index contributed by atoms with van der Waals surface area (Å²) in [7, 11) is 1.53. The highest BCUT2D eigenvalue weighted by molar-refractivity contribution is 7.22. The molecule has 0 aliphatic carbocycles. The van der Waals surface area contributed by atoms with Crippen LogP contribution in [0.4, 0.5) is 9.52 Å². The average molecular weight is 503 g/mol. The standard InChI is InChI=1S/C28H23FN2O4S/c1-14-11-16(3)23-21(12-14)36-28(30-23)31-24(18-7-5-6-8-19(18)29)22(26(33)27(31)34)25(32)17-9-10-20(35-4)15(2)13-17/h5-13,24,32H,1-4H3/b25-22+. The molecule has 1 atom stereocenters. The number of Topliss-reactive ketones (excluding diaryl/α,β-unsaturated/α-hetero) is 1. The zero-order chi connectivity index (χ0) is 25.7. The Hall–Kier alpha value is -4.04. The zero-order valence-corrected chi connectivity index (χ0v) is 20.9. The van der Waals surface area contributed by atoms with Crippen LogP contribution >= 0.6 is 11.3 Å². The fourth-order valence-electron chi connectivity index (χ4n) is 4.66. The number of ether oxygens (including phenoxy) is 1. The van der Waals surface area contributed by atoms with Crippen LogP contribution in [0.1, 0.15) is 33.9 Å². The molecule has 0 radical (unpaired) electrons. The number of anilines is 1. The predicted octanol–water partition coefficient (Wildman–Crippen LogP) is 6.00. The van der Waals surface area contributed by atoms with E-state index in [0.717, 1.165) is 21.4 Å². The number of methoxy groups -OCH3 is 1. The van der Waals surface area contributed by atoms with Crippen LogP contribution in [0, 0.1) is 26.6 Å². The maximum atomic E-state index is 15.1. The Morgan fingerprint density at radius 2 is 1.81 bits per heavy atom. The van der Waals surface area contributed by atoms with Gasteiger partial charge in [0.15, 0.2) is 5.13 Å². The van der Waals surface area contributed by atoms with Gasteiger partial charge in [0.1, 0.15) is 23.4 Å². The molecule has 1 aliphatic heterocycles. The van der Waals surface area contributed by atoms with E-state index in [1.54, 1.807) is 31.2 Å². The van der Waals surface area contributed by atoms with Gasteiger partial charge in [-0.1, -0.05) is 35.6 Å². The Labute approximate surface area is 211 Å². The first-order valence-corrected chi connectivity index (χ1v) is 12.1. The number of halogens is 1. The number of rotatable bonds is 4. The molecule has 4 aromatic rings. The lowest BCUT2D eigenvalue weighted by Crippen LogP contribution is -2.29. The Bertz CT molecular complexity index is 1590. The molecule has 0 bridgehead atoms. The number of carbonyl (C=O) groups is 2. The zero-order valence-electron chi connectivity index (χ0n) is 20.1. The third-order valence-corrected chi connectivity index (χ3v) is 7.34. The van der Waals surface area contributed by atoms with Crippen LogP contribution in [-0.4, -0.2) is 28.9 Å². The molecule has 1 fully saturated rings. The molecule has 3 aromatic carbocycles. The maximum absolute atomic E-state index is 15.1. The van der Waals surface area contributed by atoms with Crippen molar-refractivity contribution in [1.29, 1.82) is 0 Å². The summed E-state index contributed by atoms with van der Waals surface area (Å²) >= 11 is 1.25. The average Bonchev–Trinajstić information content (AvgIpc) is 3.37. The largest absolute Gasteiger partial charge is 0.507 e. The molecule has 1 N–H and O–H groups in total. The predicted molar refractivity (Wildman–Crippen MR) is 138 cm³/mol. The number of hydrogen-bond acceptors (Lipinski definition) is 6. The lowest BCUT2D eigenvalue weighted by molar-refractivity contribution is -0.132. The number of fused-ring (bicyclic) bond motifs is 1. The summed E-state index contributed by atoms with van der Waals surface area (Å²) in [6.45, 7) is 5.69. The minimum atomic E-state index is -1.18. The van der Waals surface area contributed by atoms with Gasteiger partial charge in [-0.2, -0.15) is 0 Å². The van der Waals surface area contributed by atoms with Gasteiger partial charge in [0.2, 0.25) is 0 Å². The number of aryl methyl sites for hydroxylation is 3. The van der Waals surface area contributed by atoms with E-state index in [2.05, 4.69) is 4.98 Å². The van der Waals surface area contributed by atoms with E-state index in [-0.39, 0.29) is 22.0 Å². The summed E-state index contributed by atoms with van der Waals surface area (Å²) in [5.41, 5.74) is 3.63. The Morgan fingerprint density at radius 1 is 1.06 bits per heavy atom. The Kier molecular flexibility index (Phi) is 5.84. The number of aromatic nitrogens is 1. The third-order valence-electron chi connectivity index (χ3n) is 6.34. The van der Waals surface area contributed by atoms with Crippen LogP contribution in [0.2, 0.25) is 0 Å². The SMILES string of the molecule is COc1ccc(/C(O)=C2\C(=O)C(=O)N(c3nc4c(C)cc(C)cc4s3)C2c2ccccc2F)cc1C. The van der Waals surface area contributed by atoms with Gasteiger partial charge in [-0.05, 0) is 67.8 Å². The minimum absolute atomic E-state index is 0.0932. The van der Waals surface area contributed by atoms with E-state index in [9.17, 15) is 14.7 Å². The molecule has 1 amide bonds. The van der Waals surface area contributed by atoms with Gasteiger partial charge in [0, 0.05) is 11.1 Å². The lowest BCUT2D eigenvalue weighted by Gasteiger charge is -2.23. The summed E-state index contributed by atoms with van der Waals surface area (Å²) in [5.74, 6) is -2.15. The molecular weight excluding hydrogens is 479 g/mol. The Morgan fingerprint density at radius 3 is 2.50 bits per heavy atom. The van der Waals surface area contributed by atoms with E-state index >= 15 is 4.39 Å². The molecule has 36 heavy (non-hydrogen) atoms. The van der Waals surface area contributed by atoms with E-state index in [4.69, 9.17) is 4.74 Å². The highest BCUT2D eigenvalue weighted by Crippen LogP contribution is 2.45. The lowest BCUT2D eigenvalue weighted by atomic mass is 9.94. The van der Waals surface area contributed by atoms with Crippen LogP contribution < -0.4 is 9.64 Å². The van der Waals surface area contributed by atoms with Crippen LogP contribution in [0.25, 0.3) is 16.0 Å². The van der Waals surface area contributed by atoms with Gasteiger partial charge in [0.05, 0.1) is 22.9 Å². The van der Waals surface area contributed by atoms with Gasteiger partial charge in [-0.3, -0.25) is 14.5 Å². The summed E-state index contributed by atoms with van der Waals surface area (Å²) < 4.78 is 21.3. The molecule has 5 rings (SSSR count). The van der Waals surface area contributed by atoms with Crippen molar-refractivity contribution in [3.63, 3.8) is 0 Å². The first-order chi connectivity index (χ1) is 17.2. The smallest absolute Gasteiger partial charge is 0.301 e. The number of carbonyl (C=O) groups excluding carboxylic acids is 2. The number of aliphatic hydroxyl groups is 1. The number of aliphatic hydroxyl groups excluding tert-OH is 1. The fourth-order valence-corrected chi connectivity index (χ4v) is 5.83. The number of hydrogen-bond donors (Lipinski definition) is 1. The van der Waals surface area contributed by atoms with Gasteiger partial charge >= 0.3 is 5.91 Å². The second-order valence-electron chi connectivity index (χ2n) is 8.80. The summed E-state index contributed by atoms with van der Waals surface area (Å²) in [6, 6.07) is 13.6. The van der Waals surface area contributed by atoms with Crippen LogP contribution in [0.3, 0.4) is 0 Å². The first-order valence-electron chi connectivity index (χ1n) is 11.3. The van der Waals surface area contributed by atoms with Crippen LogP contribution in [0.15, 0.2) is 60.2 Å². The van der Waals surface area contributed by atoms with Crippen molar-refractivity contribution in [3.05, 3.63) is 93.8 Å². The molecule has 182 valence electrons. The van der Waals surface area contributed by atoms with E-state index in [1.807, 2.05) is 26.0 Å². The molecule has 1 saturated heterocycles. The van der Waals surface area contributed by atoms with Crippen molar-refractivity contribution in [2.45, 2.75) is 26.8 Å². The second kappa shape index (κ2) is 8.87. The topological polar surface area (TPSA) is 79.7 Å². The maximum Gasteiger partial charge on any atom is 0.301 e. The van der Waals surface area contributed by atoms with Crippen LogP contribution in [-0.2, 0) is 9.59 Å². The van der Waals surface area contributed by atoms with E-state index in [1.165, 1.54) is 41.5 Å². The van der Waals surface area contributed by atoms with Crippen molar-refractivity contribution in [1.82, 2.24) is 4.98 Å². The summed E-state index contributed by atoms with van der Waals surface area (Å²) in [4.78, 5) is 32.6. The van der Waals surface area contributed by atoms with Crippen molar-refractivity contribution in [2.75, 3.05) is 12.0 Å². The fraction of sp³-hybridized carbons (Fsp3) is 0.179. The first kappa shape index (κ1) is 23.7. The van der Waals surface area contributed by atoms with Crippen molar-refractivity contribution >= 4 is 44.1 Å². The van der Waals surface area contributed by atoms with Crippen molar-refractivity contribution in [2.24, 2.45) is 0 Å². The van der Waals surface area contributed by atoms with Gasteiger partial charge < -0.3 is 9.84 Å². The number of ketones is 1. The molecule has 0 saturated carbocycles. The van der Waals surface area contributed by atoms with Crippen LogP contribution in [0.5, 0.6) is 5.75 Å². The van der Waals surface area contributed by atoms with Gasteiger partial charge in [0.25, 0.3) is 5.78 Å². The number of amides is 1. The third kappa shape index (κ3) is 3.74. The van der Waals surface area contributed by atoms with Gasteiger partial charge in [-0.15, -0.1) is 0 Å². The molecule has 1 aromatic heterocycles. The van der Waals surface area contributed by atoms with E-state index < -0.39 is 23.5 Å². The Balaban J connectivity index is 1.75. The second-order valence-corrected chi connectivity index (χ2v) is 9.81. The van der Waals surface area contributed by atoms with Crippen molar-refractivity contribution in [3.8, 4) is 5.75 Å². The molecular formula is C28H23FN2O4S. The quantitative estimate of drug-likeness (QED) is 0.210. The summed E-state index contributed by atoms with van der Waals surface area (Å²) in [6.07, 6.45) is 0. The number of benzene rings is 3. The molecule has 2 heterocycles. The monoisotopic (exact) mass is 502 g/mol. The number of thiazole rings is 1. The molecule has 1 aliphatic rings. The highest BCUT2D eigenvalue weighted by Gasteiger charge is 2.49. The van der Waals surface area contributed by atoms with Gasteiger partial charge in [-0.25, -0.2) is 9.37 Å². The molecule has 0 spiro atoms. The van der Waals surface area contributed by atoms with Crippen molar-refractivity contribution < 1.29 is 23.8 Å². The highest BCUT2D eigenvalue weighted by atomic mass is 32.1. The molecule has 6 nitrogen and oxygen atoms in total. The number of nitrogens with zero attached hydrogens (tertiary/aromatic N) is 2. The molecule has 1 unspecified atom stereocenters. The summed E-state index contributed by atoms with van der Waals surface area (Å²) in [5, 5.41) is 11.6.